The van der Waals surface area contributed by atoms with Gasteiger partial charge in [-0.15, -0.1) is 0 Å². The van der Waals surface area contributed by atoms with E-state index in [1.165, 1.54) is 70.6 Å². The van der Waals surface area contributed by atoms with Gasteiger partial charge in [-0.05, 0) is 89.9 Å². The van der Waals surface area contributed by atoms with E-state index in [0.717, 1.165) is 96.3 Å². The standard InChI is InChI=1S/C67H109NO10/c1-4-7-10-13-16-19-22-25-27-29-30-31-33-34-36-39-42-45-48-51-54-60(71)66(75)68-58(59(70)53-50-47-44-41-38-24-21-18-15-12-9-6-3)57-76-67-65(64(74)63(73)61(56-69)77-67)78-62(72)55-52-49-46-43-40-37-35-32-28-26-23-20-17-14-11-8-5-2/h8,11,14,16-17,19-20,23,25-28,30-32,34-37,40,50,53,58-61,63-65,67,69-71,73-74H,4-7,9-10,12-13,15,18,21-22,24,29,33,38-39,41-49,51-52,54-57H2,1-3H3,(H,68,75)/b11-8-,17-14+,19-16-,23-20+,27-25-,28-26-,31-30-,35-32+,36-34-,40-37+,53-50+. The highest BCUT2D eigenvalue weighted by atomic mass is 16.7. The van der Waals surface area contributed by atoms with Gasteiger partial charge in [0, 0.05) is 6.42 Å². The Labute approximate surface area is 473 Å². The van der Waals surface area contributed by atoms with Crippen LogP contribution in [-0.2, 0) is 23.8 Å². The van der Waals surface area contributed by atoms with Crippen molar-refractivity contribution in [1.82, 2.24) is 5.32 Å². The second-order valence-corrected chi connectivity index (χ2v) is 20.5. The molecular formula is C67H109NO10. The van der Waals surface area contributed by atoms with Crippen LogP contribution in [0.5, 0.6) is 0 Å². The highest BCUT2D eigenvalue weighted by Crippen LogP contribution is 2.26. The van der Waals surface area contributed by atoms with Gasteiger partial charge in [-0.2, -0.15) is 0 Å². The summed E-state index contributed by atoms with van der Waals surface area (Å²) in [5, 5.41) is 56.9. The first-order chi connectivity index (χ1) is 38.2. The maximum Gasteiger partial charge on any atom is 0.306 e. The zero-order valence-electron chi connectivity index (χ0n) is 48.7. The van der Waals surface area contributed by atoms with E-state index in [0.29, 0.717) is 12.8 Å². The van der Waals surface area contributed by atoms with Gasteiger partial charge in [-0.3, -0.25) is 9.59 Å². The third-order valence-electron chi connectivity index (χ3n) is 13.4. The average Bonchev–Trinajstić information content (AvgIpc) is 3.45. The lowest BCUT2D eigenvalue weighted by Gasteiger charge is -2.41. The molecule has 1 heterocycles. The molecule has 0 aromatic heterocycles. The van der Waals surface area contributed by atoms with Crippen LogP contribution in [0.4, 0.5) is 0 Å². The minimum Gasteiger partial charge on any atom is -0.454 e. The number of carbonyl (C=O) groups excluding carboxylic acids is 2. The van der Waals surface area contributed by atoms with E-state index < -0.39 is 67.4 Å². The molecule has 1 aliphatic rings. The molecule has 0 bridgehead atoms. The monoisotopic (exact) mass is 1090 g/mol. The Hall–Kier alpha value is -4.20. The van der Waals surface area contributed by atoms with Crippen molar-refractivity contribution in [2.75, 3.05) is 13.2 Å². The Morgan fingerprint density at radius 2 is 0.974 bits per heavy atom. The number of hydrogen-bond acceptors (Lipinski definition) is 10. The Morgan fingerprint density at radius 3 is 1.53 bits per heavy atom. The van der Waals surface area contributed by atoms with Crippen LogP contribution in [0.15, 0.2) is 134 Å². The molecule has 1 rings (SSSR count). The summed E-state index contributed by atoms with van der Waals surface area (Å²) < 4.78 is 17.5. The number of ether oxygens (including phenoxy) is 3. The lowest BCUT2D eigenvalue weighted by Crippen LogP contribution is -2.61. The number of allylic oxidation sites excluding steroid dienone is 21. The lowest BCUT2D eigenvalue weighted by molar-refractivity contribution is -0.305. The molecule has 1 amide bonds. The fourth-order valence-electron chi connectivity index (χ4n) is 8.61. The Bertz CT molecular complexity index is 1770. The summed E-state index contributed by atoms with van der Waals surface area (Å²) in [5.74, 6) is -1.27. The topological polar surface area (TPSA) is 175 Å². The van der Waals surface area contributed by atoms with Gasteiger partial charge in [-0.25, -0.2) is 0 Å². The smallest absolute Gasteiger partial charge is 0.306 e. The van der Waals surface area contributed by atoms with Gasteiger partial charge in [0.15, 0.2) is 12.4 Å². The third-order valence-corrected chi connectivity index (χ3v) is 13.4. The number of esters is 1. The molecule has 0 aromatic carbocycles. The second-order valence-electron chi connectivity index (χ2n) is 20.5. The molecule has 0 spiro atoms. The van der Waals surface area contributed by atoms with E-state index in [1.54, 1.807) is 6.08 Å². The van der Waals surface area contributed by atoms with Crippen LogP contribution in [0.2, 0.25) is 0 Å². The number of aliphatic hydroxyl groups is 5. The van der Waals surface area contributed by atoms with Crippen LogP contribution < -0.4 is 5.32 Å². The van der Waals surface area contributed by atoms with Gasteiger partial charge in [0.1, 0.15) is 24.4 Å². The summed E-state index contributed by atoms with van der Waals surface area (Å²) in [6.45, 7) is 5.56. The van der Waals surface area contributed by atoms with Crippen LogP contribution in [0.3, 0.4) is 0 Å². The first-order valence-corrected chi connectivity index (χ1v) is 30.5. The van der Waals surface area contributed by atoms with Gasteiger partial charge in [0.2, 0.25) is 5.91 Å². The quantitative estimate of drug-likeness (QED) is 0.0149. The van der Waals surface area contributed by atoms with Gasteiger partial charge >= 0.3 is 5.97 Å². The molecule has 0 saturated carbocycles. The zero-order valence-corrected chi connectivity index (χ0v) is 48.7. The molecule has 78 heavy (non-hydrogen) atoms. The molecule has 8 unspecified atom stereocenters. The molecule has 0 aliphatic carbocycles. The van der Waals surface area contributed by atoms with E-state index in [2.05, 4.69) is 86.8 Å². The minimum atomic E-state index is -1.65. The molecule has 0 aromatic rings. The predicted molar refractivity (Wildman–Crippen MR) is 324 cm³/mol. The molecule has 11 heteroatoms. The van der Waals surface area contributed by atoms with Crippen molar-refractivity contribution < 1.29 is 49.3 Å². The van der Waals surface area contributed by atoms with Crippen LogP contribution in [0, 0.1) is 0 Å². The number of rotatable bonds is 49. The molecule has 442 valence electrons. The molecule has 6 N–H and O–H groups in total. The fraction of sp³-hybridized carbons (Fsp3) is 0.642. The van der Waals surface area contributed by atoms with Crippen molar-refractivity contribution >= 4 is 11.9 Å². The van der Waals surface area contributed by atoms with Crippen LogP contribution >= 0.6 is 0 Å². The molecule has 0 radical (unpaired) electrons. The van der Waals surface area contributed by atoms with E-state index >= 15 is 0 Å². The van der Waals surface area contributed by atoms with Crippen molar-refractivity contribution in [2.24, 2.45) is 0 Å². The summed E-state index contributed by atoms with van der Waals surface area (Å²) in [4.78, 5) is 26.5. The van der Waals surface area contributed by atoms with Crippen LogP contribution in [0.25, 0.3) is 0 Å². The number of carbonyl (C=O) groups is 2. The van der Waals surface area contributed by atoms with Crippen molar-refractivity contribution in [2.45, 2.75) is 262 Å². The molecule has 1 aliphatic heterocycles. The van der Waals surface area contributed by atoms with Gasteiger partial charge < -0.3 is 45.1 Å². The number of nitrogens with one attached hydrogen (secondary N) is 1. The van der Waals surface area contributed by atoms with Crippen molar-refractivity contribution in [3.8, 4) is 0 Å². The van der Waals surface area contributed by atoms with Crippen LogP contribution in [0.1, 0.15) is 213 Å². The summed E-state index contributed by atoms with van der Waals surface area (Å²) in [6.07, 6.45) is 64.8. The summed E-state index contributed by atoms with van der Waals surface area (Å²) in [7, 11) is 0. The van der Waals surface area contributed by atoms with E-state index in [4.69, 9.17) is 14.2 Å². The SMILES string of the molecule is CC\C=C/C=C/C=C/C=C\C=C\C=C\CCCCCC(=O)OC1C(OCC(NC(=O)C(O)CCCCCC/C=C\C/C=C\C/C=C\C/C=C\CCCCC)C(O)/C=C/CCCCCCCCCCCC)OC(CO)C(O)C1O. The van der Waals surface area contributed by atoms with Crippen molar-refractivity contribution in [3.63, 3.8) is 0 Å². The highest BCUT2D eigenvalue weighted by Gasteiger charge is 2.47. The number of unbranched alkanes of at least 4 members (excludes halogenated alkanes) is 20. The minimum absolute atomic E-state index is 0.0615. The zero-order chi connectivity index (χ0) is 56.8. The average molecular weight is 1090 g/mol. The maximum atomic E-state index is 13.4. The first kappa shape index (κ1) is 71.8. The molecule has 1 saturated heterocycles. The summed E-state index contributed by atoms with van der Waals surface area (Å²) in [5.41, 5.74) is 0. The summed E-state index contributed by atoms with van der Waals surface area (Å²) in [6, 6.07) is -1.05. The molecule has 1 fully saturated rings. The number of hydrogen-bond donors (Lipinski definition) is 6. The second kappa shape index (κ2) is 53.4. The van der Waals surface area contributed by atoms with Gasteiger partial charge in [0.25, 0.3) is 0 Å². The Kier molecular flexibility index (Phi) is 49.2. The predicted octanol–water partition coefficient (Wildman–Crippen LogP) is 14.4. The third kappa shape index (κ3) is 40.9. The Balaban J connectivity index is 2.75. The molecular weight excluding hydrogens is 979 g/mol. The highest BCUT2D eigenvalue weighted by molar-refractivity contribution is 5.80. The van der Waals surface area contributed by atoms with Crippen LogP contribution in [-0.4, -0.2) is 99.6 Å². The van der Waals surface area contributed by atoms with Gasteiger partial charge in [0.05, 0.1) is 25.4 Å². The first-order valence-electron chi connectivity index (χ1n) is 30.5. The maximum absolute atomic E-state index is 13.4. The number of aliphatic hydroxyl groups excluding tert-OH is 5. The van der Waals surface area contributed by atoms with Gasteiger partial charge in [-0.1, -0.05) is 251 Å². The van der Waals surface area contributed by atoms with E-state index in [-0.39, 0.29) is 19.4 Å². The lowest BCUT2D eigenvalue weighted by atomic mass is 9.99. The van der Waals surface area contributed by atoms with Crippen molar-refractivity contribution in [1.29, 1.82) is 0 Å². The Morgan fingerprint density at radius 1 is 0.526 bits per heavy atom. The molecule has 8 atom stereocenters. The van der Waals surface area contributed by atoms with E-state index in [9.17, 15) is 35.1 Å². The number of amides is 1. The summed E-state index contributed by atoms with van der Waals surface area (Å²) >= 11 is 0. The van der Waals surface area contributed by atoms with Crippen molar-refractivity contribution in [3.05, 3.63) is 134 Å². The van der Waals surface area contributed by atoms with E-state index in [1.807, 2.05) is 66.8 Å². The normalized spacial score (nSPS) is 19.9. The largest absolute Gasteiger partial charge is 0.454 e. The fourth-order valence-corrected chi connectivity index (χ4v) is 8.61. The molecule has 11 nitrogen and oxygen atoms in total.